The van der Waals surface area contributed by atoms with Crippen molar-refractivity contribution in [3.63, 3.8) is 0 Å². The van der Waals surface area contributed by atoms with Crippen LogP contribution < -0.4 is 5.32 Å². The molecule has 1 fully saturated rings. The normalized spacial score (nSPS) is 16.3. The van der Waals surface area contributed by atoms with Gasteiger partial charge in [-0.1, -0.05) is 12.8 Å². The summed E-state index contributed by atoms with van der Waals surface area (Å²) in [5.74, 6) is -0.0177. The van der Waals surface area contributed by atoms with E-state index in [1.807, 2.05) is 0 Å². The molecule has 0 atom stereocenters. The van der Waals surface area contributed by atoms with Crippen LogP contribution in [0, 0.1) is 22.5 Å². The van der Waals surface area contributed by atoms with Crippen LogP contribution in [0.15, 0.2) is 12.3 Å². The Bertz CT molecular complexity index is 568. The molecule has 0 unspecified atom stereocenters. The van der Waals surface area contributed by atoms with E-state index in [0.29, 0.717) is 18.7 Å². The van der Waals surface area contributed by atoms with Gasteiger partial charge in [-0.25, -0.2) is 4.98 Å². The Kier molecular flexibility index (Phi) is 4.95. The second-order valence-electron chi connectivity index (χ2n) is 5.64. The largest absolute Gasteiger partial charge is 0.466 e. The zero-order chi connectivity index (χ0) is 16.2. The maximum Gasteiger partial charge on any atom is 0.314 e. The van der Waals surface area contributed by atoms with E-state index in [0.717, 1.165) is 25.7 Å². The van der Waals surface area contributed by atoms with Gasteiger partial charge in [-0.3, -0.25) is 14.9 Å². The molecule has 1 aromatic heterocycles. The highest BCUT2D eigenvalue weighted by atomic mass is 16.6. The maximum absolute atomic E-state index is 12.3. The van der Waals surface area contributed by atoms with Gasteiger partial charge in [0.05, 0.1) is 16.9 Å². The molecule has 0 radical (unpaired) electrons. The van der Waals surface area contributed by atoms with Crippen molar-refractivity contribution in [2.75, 3.05) is 18.5 Å². The lowest BCUT2D eigenvalue weighted by atomic mass is 9.86. The van der Waals surface area contributed by atoms with Crippen molar-refractivity contribution in [2.45, 2.75) is 39.5 Å². The van der Waals surface area contributed by atoms with Crippen LogP contribution in [0.3, 0.4) is 0 Å². The molecule has 0 spiro atoms. The number of nitro groups is 1. The van der Waals surface area contributed by atoms with Crippen molar-refractivity contribution in [3.8, 4) is 0 Å². The second-order valence-corrected chi connectivity index (χ2v) is 5.64. The highest BCUT2D eigenvalue weighted by molar-refractivity contribution is 5.78. The van der Waals surface area contributed by atoms with Gasteiger partial charge in [0.25, 0.3) is 0 Å². The zero-order valence-corrected chi connectivity index (χ0v) is 12.9. The van der Waals surface area contributed by atoms with E-state index in [9.17, 15) is 14.9 Å². The van der Waals surface area contributed by atoms with Crippen LogP contribution >= 0.6 is 0 Å². The molecule has 7 nitrogen and oxygen atoms in total. The molecule has 1 N–H and O–H groups in total. The first kappa shape index (κ1) is 16.2. The molecule has 120 valence electrons. The van der Waals surface area contributed by atoms with E-state index in [1.165, 1.54) is 6.20 Å². The number of ether oxygens (including phenoxy) is 1. The number of hydrogen-bond donors (Lipinski definition) is 1. The minimum Gasteiger partial charge on any atom is -0.466 e. The summed E-state index contributed by atoms with van der Waals surface area (Å²) in [4.78, 5) is 27.1. The number of pyridine rings is 1. The number of anilines is 1. The molecule has 0 aliphatic heterocycles. The lowest BCUT2D eigenvalue weighted by Gasteiger charge is -2.26. The molecular weight excluding hydrogens is 286 g/mol. The number of esters is 1. The smallest absolute Gasteiger partial charge is 0.314 e. The highest BCUT2D eigenvalue weighted by Gasteiger charge is 2.42. The Morgan fingerprint density at radius 1 is 1.50 bits per heavy atom. The van der Waals surface area contributed by atoms with Gasteiger partial charge in [0.15, 0.2) is 0 Å². The van der Waals surface area contributed by atoms with Gasteiger partial charge in [-0.05, 0) is 32.8 Å². The van der Waals surface area contributed by atoms with Crippen LogP contribution in [0.25, 0.3) is 0 Å². The van der Waals surface area contributed by atoms with Crippen LogP contribution in [0.2, 0.25) is 0 Å². The third-order valence-corrected chi connectivity index (χ3v) is 4.17. The number of rotatable bonds is 6. The minimum atomic E-state index is -0.602. The van der Waals surface area contributed by atoms with Crippen LogP contribution in [0.5, 0.6) is 0 Å². The average Bonchev–Trinajstić information content (AvgIpc) is 2.95. The molecule has 1 aliphatic rings. The summed E-state index contributed by atoms with van der Waals surface area (Å²) < 4.78 is 5.19. The SMILES string of the molecule is CCOC(=O)C1(CNc2nccc(C)c2[N+](=O)[O-])CCCC1. The van der Waals surface area contributed by atoms with Crippen molar-refractivity contribution in [1.29, 1.82) is 0 Å². The summed E-state index contributed by atoms with van der Waals surface area (Å²) >= 11 is 0. The standard InChI is InChI=1S/C15H21N3O4/c1-3-22-14(19)15(7-4-5-8-15)10-17-13-12(18(20)21)11(2)6-9-16-13/h6,9H,3-5,7-8,10H2,1-2H3,(H,16,17). The number of nitrogens with zero attached hydrogens (tertiary/aromatic N) is 2. The van der Waals surface area contributed by atoms with Gasteiger partial charge in [-0.15, -0.1) is 0 Å². The van der Waals surface area contributed by atoms with Crippen molar-refractivity contribution in [3.05, 3.63) is 27.9 Å². The first-order valence-electron chi connectivity index (χ1n) is 7.51. The second kappa shape index (κ2) is 6.72. The van der Waals surface area contributed by atoms with Crippen LogP contribution in [-0.2, 0) is 9.53 Å². The fraction of sp³-hybridized carbons (Fsp3) is 0.600. The van der Waals surface area contributed by atoms with E-state index >= 15 is 0 Å². The monoisotopic (exact) mass is 307 g/mol. The molecule has 0 bridgehead atoms. The minimum absolute atomic E-state index is 0.0421. The number of aromatic nitrogens is 1. The molecule has 1 heterocycles. The molecule has 0 saturated heterocycles. The Morgan fingerprint density at radius 3 is 2.77 bits per heavy atom. The van der Waals surface area contributed by atoms with Crippen LogP contribution in [0.4, 0.5) is 11.5 Å². The van der Waals surface area contributed by atoms with Crippen molar-refractivity contribution in [2.24, 2.45) is 5.41 Å². The maximum atomic E-state index is 12.3. The summed E-state index contributed by atoms with van der Waals surface area (Å²) in [7, 11) is 0. The van der Waals surface area contributed by atoms with Gasteiger partial charge in [0.1, 0.15) is 0 Å². The fourth-order valence-electron chi connectivity index (χ4n) is 2.95. The molecule has 1 saturated carbocycles. The third-order valence-electron chi connectivity index (χ3n) is 4.17. The average molecular weight is 307 g/mol. The molecule has 22 heavy (non-hydrogen) atoms. The molecular formula is C15H21N3O4. The number of carbonyl (C=O) groups excluding carboxylic acids is 1. The van der Waals surface area contributed by atoms with Crippen molar-refractivity contribution in [1.82, 2.24) is 4.98 Å². The molecule has 0 aromatic carbocycles. The fourth-order valence-corrected chi connectivity index (χ4v) is 2.95. The van der Waals surface area contributed by atoms with Crippen molar-refractivity contribution < 1.29 is 14.5 Å². The number of carbonyl (C=O) groups is 1. The third kappa shape index (κ3) is 3.18. The Hall–Kier alpha value is -2.18. The van der Waals surface area contributed by atoms with Gasteiger partial charge in [0.2, 0.25) is 5.82 Å². The topological polar surface area (TPSA) is 94.4 Å². The van der Waals surface area contributed by atoms with Gasteiger partial charge in [0, 0.05) is 18.3 Å². The summed E-state index contributed by atoms with van der Waals surface area (Å²) in [5, 5.41) is 14.2. The summed E-state index contributed by atoms with van der Waals surface area (Å²) in [6.07, 6.45) is 4.92. The summed E-state index contributed by atoms with van der Waals surface area (Å²) in [6.45, 7) is 4.09. The van der Waals surface area contributed by atoms with Gasteiger partial charge < -0.3 is 10.1 Å². The molecule has 0 amide bonds. The first-order valence-corrected chi connectivity index (χ1v) is 7.51. The quantitative estimate of drug-likeness (QED) is 0.493. The van der Waals surface area contributed by atoms with E-state index in [2.05, 4.69) is 10.3 Å². The number of nitrogens with one attached hydrogen (secondary N) is 1. The van der Waals surface area contributed by atoms with E-state index in [4.69, 9.17) is 4.74 Å². The predicted octanol–water partition coefficient (Wildman–Crippen LogP) is 2.83. The Balaban J connectivity index is 2.19. The van der Waals surface area contributed by atoms with Gasteiger partial charge in [-0.2, -0.15) is 0 Å². The molecule has 7 heteroatoms. The number of hydrogen-bond acceptors (Lipinski definition) is 6. The molecule has 2 rings (SSSR count). The molecule has 1 aromatic rings. The summed E-state index contributed by atoms with van der Waals surface area (Å²) in [5.41, 5.74) is -0.103. The highest BCUT2D eigenvalue weighted by Crippen LogP contribution is 2.40. The van der Waals surface area contributed by atoms with Crippen LogP contribution in [0.1, 0.15) is 38.2 Å². The predicted molar refractivity (Wildman–Crippen MR) is 81.7 cm³/mol. The van der Waals surface area contributed by atoms with Crippen LogP contribution in [-0.4, -0.2) is 29.0 Å². The van der Waals surface area contributed by atoms with E-state index in [1.54, 1.807) is 19.9 Å². The molecule has 1 aliphatic carbocycles. The van der Waals surface area contributed by atoms with E-state index in [-0.39, 0.29) is 17.5 Å². The first-order chi connectivity index (χ1) is 10.5. The summed E-state index contributed by atoms with van der Waals surface area (Å²) in [6, 6.07) is 1.60. The number of aryl methyl sites for hydroxylation is 1. The van der Waals surface area contributed by atoms with Gasteiger partial charge >= 0.3 is 11.7 Å². The Morgan fingerprint density at radius 2 is 2.18 bits per heavy atom. The lowest BCUT2D eigenvalue weighted by molar-refractivity contribution is -0.384. The lowest BCUT2D eigenvalue weighted by Crippen LogP contribution is -2.37. The van der Waals surface area contributed by atoms with Crippen molar-refractivity contribution >= 4 is 17.5 Å². The van der Waals surface area contributed by atoms with E-state index < -0.39 is 10.3 Å². The Labute approximate surface area is 129 Å². The zero-order valence-electron chi connectivity index (χ0n) is 12.9.